The number of amides is 1. The van der Waals surface area contributed by atoms with Gasteiger partial charge in [-0.05, 0) is 38.5 Å². The van der Waals surface area contributed by atoms with E-state index < -0.39 is 20.0 Å². The van der Waals surface area contributed by atoms with Gasteiger partial charge in [0.2, 0.25) is 5.91 Å². The number of carbonyl (C=O) groups is 1. The lowest BCUT2D eigenvalue weighted by Crippen LogP contribution is -2.46. The molecule has 0 aromatic rings. The highest BCUT2D eigenvalue weighted by atomic mass is 31.2. The Labute approximate surface area is 277 Å². The van der Waals surface area contributed by atoms with Gasteiger partial charge >= 0.3 is 7.82 Å². The van der Waals surface area contributed by atoms with Crippen molar-refractivity contribution in [2.24, 2.45) is 0 Å². The van der Waals surface area contributed by atoms with Crippen molar-refractivity contribution < 1.29 is 32.9 Å². The van der Waals surface area contributed by atoms with E-state index in [2.05, 4.69) is 43.5 Å². The number of hydrogen-bond acceptors (Lipinski definition) is 5. The molecule has 3 unspecified atom stereocenters. The molecule has 8 nitrogen and oxygen atoms in total. The summed E-state index contributed by atoms with van der Waals surface area (Å²) in [7, 11) is 1.60. The average Bonchev–Trinajstić information content (AvgIpc) is 2.97. The minimum absolute atomic E-state index is 0.0715. The highest BCUT2D eigenvalue weighted by Crippen LogP contribution is 2.43. The maximum absolute atomic E-state index is 12.7. The first kappa shape index (κ1) is 44.0. The number of quaternary nitrogens is 1. The zero-order valence-electron chi connectivity index (χ0n) is 29.9. The number of carbonyl (C=O) groups excluding carboxylic acids is 1. The lowest BCUT2D eigenvalue weighted by molar-refractivity contribution is -0.870. The van der Waals surface area contributed by atoms with E-state index in [0.717, 1.165) is 64.2 Å². The van der Waals surface area contributed by atoms with Gasteiger partial charge in [0.1, 0.15) is 13.2 Å². The van der Waals surface area contributed by atoms with E-state index >= 15 is 0 Å². The molecule has 45 heavy (non-hydrogen) atoms. The van der Waals surface area contributed by atoms with Crippen molar-refractivity contribution in [3.05, 3.63) is 24.3 Å². The van der Waals surface area contributed by atoms with Gasteiger partial charge in [-0.15, -0.1) is 0 Å². The zero-order chi connectivity index (χ0) is 33.7. The maximum atomic E-state index is 12.7. The summed E-state index contributed by atoms with van der Waals surface area (Å²) in [6.45, 7) is 4.78. The molecule has 3 atom stereocenters. The molecule has 0 bridgehead atoms. The number of nitrogens with zero attached hydrogens (tertiary/aromatic N) is 1. The van der Waals surface area contributed by atoms with Crippen LogP contribution in [0, 0.1) is 0 Å². The molecule has 266 valence electrons. The van der Waals surface area contributed by atoms with E-state index in [-0.39, 0.29) is 19.1 Å². The second-order valence-electron chi connectivity index (χ2n) is 13.6. The van der Waals surface area contributed by atoms with Crippen LogP contribution in [0.25, 0.3) is 0 Å². The van der Waals surface area contributed by atoms with Crippen molar-refractivity contribution >= 4 is 13.7 Å². The third-order valence-electron chi connectivity index (χ3n) is 7.95. The van der Waals surface area contributed by atoms with Gasteiger partial charge in [0.25, 0.3) is 0 Å². The van der Waals surface area contributed by atoms with Crippen LogP contribution in [0.4, 0.5) is 0 Å². The van der Waals surface area contributed by atoms with E-state index in [1.54, 1.807) is 0 Å². The van der Waals surface area contributed by atoms with Crippen LogP contribution in [0.5, 0.6) is 0 Å². The normalized spacial score (nSPS) is 15.1. The van der Waals surface area contributed by atoms with Crippen LogP contribution < -0.4 is 5.32 Å². The molecule has 0 spiro atoms. The molecule has 9 heteroatoms. The first-order valence-electron chi connectivity index (χ1n) is 18.2. The fourth-order valence-corrected chi connectivity index (χ4v) is 5.68. The molecule has 0 rings (SSSR count). The summed E-state index contributed by atoms with van der Waals surface area (Å²) in [5, 5.41) is 13.8. The van der Waals surface area contributed by atoms with Crippen LogP contribution in [-0.2, 0) is 18.4 Å². The Bertz CT molecular complexity index is 799. The Kier molecular flexibility index (Phi) is 28.5. The summed E-state index contributed by atoms with van der Waals surface area (Å²) >= 11 is 0. The minimum Gasteiger partial charge on any atom is -0.391 e. The molecule has 0 saturated heterocycles. The zero-order valence-corrected chi connectivity index (χ0v) is 30.8. The van der Waals surface area contributed by atoms with Crippen LogP contribution in [0.15, 0.2) is 24.3 Å². The van der Waals surface area contributed by atoms with Gasteiger partial charge in [-0.3, -0.25) is 13.8 Å². The Morgan fingerprint density at radius 3 is 1.89 bits per heavy atom. The second-order valence-corrected chi connectivity index (χ2v) is 15.1. The number of hydrogen-bond donors (Lipinski definition) is 3. The van der Waals surface area contributed by atoms with Gasteiger partial charge in [-0.2, -0.15) is 0 Å². The molecule has 0 aliphatic carbocycles. The van der Waals surface area contributed by atoms with Crippen LogP contribution in [0.2, 0.25) is 0 Å². The van der Waals surface area contributed by atoms with Crippen LogP contribution in [0.3, 0.4) is 0 Å². The average molecular weight is 660 g/mol. The molecule has 0 heterocycles. The fraction of sp³-hybridized carbons (Fsp3) is 0.861. The number of unbranched alkanes of at least 4 members (excludes halogenated alkanes) is 15. The van der Waals surface area contributed by atoms with Crippen molar-refractivity contribution in [2.75, 3.05) is 40.9 Å². The molecule has 0 radical (unpaired) electrons. The summed E-state index contributed by atoms with van der Waals surface area (Å²) < 4.78 is 23.4. The molecule has 0 aliphatic rings. The van der Waals surface area contributed by atoms with Gasteiger partial charge in [-0.25, -0.2) is 4.57 Å². The maximum Gasteiger partial charge on any atom is 0.472 e. The summed E-state index contributed by atoms with van der Waals surface area (Å²) in [5.74, 6) is -0.164. The summed E-state index contributed by atoms with van der Waals surface area (Å²) in [6, 6.07) is -0.762. The minimum atomic E-state index is -4.30. The standard InChI is InChI=1S/C36H71N2O6P/c1-6-8-10-12-14-16-17-18-19-20-22-24-26-28-30-36(40)37-34(33-44-45(41,42)43-32-31-38(3,4)5)35(39)29-27-25-23-21-15-13-11-9-7-2/h12,14,17-18,34-35,39H,6-11,13,15-16,19-33H2,1-5H3,(H-,37,40,41,42)/p+1/b14-12-,18-17-. The lowest BCUT2D eigenvalue weighted by atomic mass is 10.0. The molecule has 1 amide bonds. The highest BCUT2D eigenvalue weighted by molar-refractivity contribution is 7.47. The first-order chi connectivity index (χ1) is 21.5. The number of nitrogens with one attached hydrogen (secondary N) is 1. The summed E-state index contributed by atoms with van der Waals surface area (Å²) in [4.78, 5) is 22.9. The molecule has 0 aromatic carbocycles. The fourth-order valence-electron chi connectivity index (χ4n) is 4.94. The molecule has 0 aliphatic heterocycles. The molecule has 0 aromatic heterocycles. The van der Waals surface area contributed by atoms with Crippen LogP contribution >= 0.6 is 7.82 Å². The van der Waals surface area contributed by atoms with Crippen molar-refractivity contribution in [3.63, 3.8) is 0 Å². The number of rotatable bonds is 32. The van der Waals surface area contributed by atoms with Crippen molar-refractivity contribution in [1.82, 2.24) is 5.32 Å². The number of likely N-dealkylation sites (N-methyl/N-ethyl adjacent to an activating group) is 1. The molecule has 0 saturated carbocycles. The van der Waals surface area contributed by atoms with Gasteiger partial charge in [0.05, 0.1) is 39.9 Å². The second kappa shape index (κ2) is 29.1. The largest absolute Gasteiger partial charge is 0.472 e. The first-order valence-corrected chi connectivity index (χ1v) is 19.7. The number of aliphatic hydroxyl groups excluding tert-OH is 1. The van der Waals surface area contributed by atoms with E-state index in [0.29, 0.717) is 23.9 Å². The van der Waals surface area contributed by atoms with E-state index in [1.807, 2.05) is 21.1 Å². The third-order valence-corrected chi connectivity index (χ3v) is 8.94. The Hall–Kier alpha value is -1.02. The third kappa shape index (κ3) is 31.4. The smallest absolute Gasteiger partial charge is 0.391 e. The highest BCUT2D eigenvalue weighted by Gasteiger charge is 2.28. The van der Waals surface area contributed by atoms with E-state index in [9.17, 15) is 19.4 Å². The van der Waals surface area contributed by atoms with Crippen LogP contribution in [0.1, 0.15) is 149 Å². The predicted molar refractivity (Wildman–Crippen MR) is 189 cm³/mol. The number of phosphoric acid groups is 1. The summed E-state index contributed by atoms with van der Waals surface area (Å²) in [6.07, 6.45) is 30.5. The van der Waals surface area contributed by atoms with E-state index in [4.69, 9.17) is 9.05 Å². The SMILES string of the molecule is CCCC/C=C\C/C=C\CCCCCCCC(=O)NC(COP(=O)(O)OCC[N+](C)(C)C)C(O)CCCCCCCCCCC. The molecular formula is C36H72N2O6P+. The quantitative estimate of drug-likeness (QED) is 0.0288. The molecule has 0 fully saturated rings. The monoisotopic (exact) mass is 660 g/mol. The van der Waals surface area contributed by atoms with Crippen molar-refractivity contribution in [1.29, 1.82) is 0 Å². The predicted octanol–water partition coefficient (Wildman–Crippen LogP) is 9.02. The molecular weight excluding hydrogens is 587 g/mol. The van der Waals surface area contributed by atoms with Gasteiger partial charge in [-0.1, -0.05) is 128 Å². The van der Waals surface area contributed by atoms with Crippen LogP contribution in [-0.4, -0.2) is 73.4 Å². The van der Waals surface area contributed by atoms with Crippen molar-refractivity contribution in [3.8, 4) is 0 Å². The Morgan fingerprint density at radius 1 is 0.756 bits per heavy atom. The Morgan fingerprint density at radius 2 is 1.29 bits per heavy atom. The van der Waals surface area contributed by atoms with Gasteiger partial charge in [0.15, 0.2) is 0 Å². The number of aliphatic hydroxyl groups is 1. The van der Waals surface area contributed by atoms with Crippen molar-refractivity contribution in [2.45, 2.75) is 161 Å². The summed E-state index contributed by atoms with van der Waals surface area (Å²) in [5.41, 5.74) is 0. The Balaban J connectivity index is 4.50. The van der Waals surface area contributed by atoms with Gasteiger partial charge in [0, 0.05) is 6.42 Å². The molecule has 3 N–H and O–H groups in total. The topological polar surface area (TPSA) is 105 Å². The number of phosphoric ester groups is 1. The van der Waals surface area contributed by atoms with Gasteiger partial charge < -0.3 is 19.8 Å². The van der Waals surface area contributed by atoms with E-state index in [1.165, 1.54) is 57.8 Å². The lowest BCUT2D eigenvalue weighted by Gasteiger charge is -2.26. The number of allylic oxidation sites excluding steroid dienone is 4.